The lowest BCUT2D eigenvalue weighted by molar-refractivity contribution is -0.138. The normalized spacial score (nSPS) is 16.6. The Morgan fingerprint density at radius 1 is 1.20 bits per heavy atom. The predicted molar refractivity (Wildman–Crippen MR) is 75.4 cm³/mol. The van der Waals surface area contributed by atoms with Gasteiger partial charge in [0.05, 0.1) is 0 Å². The summed E-state index contributed by atoms with van der Waals surface area (Å²) >= 11 is 0. The highest BCUT2D eigenvalue weighted by molar-refractivity contribution is 5.81. The Labute approximate surface area is 120 Å². The molecule has 0 bridgehead atoms. The van der Waals surface area contributed by atoms with E-state index in [1.54, 1.807) is 4.90 Å². The van der Waals surface area contributed by atoms with Gasteiger partial charge in [0, 0.05) is 38.8 Å². The third kappa shape index (κ3) is 6.06. The Morgan fingerprint density at radius 3 is 2.30 bits per heavy atom. The number of ether oxygens (including phenoxy) is 2. The van der Waals surface area contributed by atoms with E-state index < -0.39 is 11.6 Å². The summed E-state index contributed by atoms with van der Waals surface area (Å²) in [5.74, 6) is -0.405. The van der Waals surface area contributed by atoms with E-state index in [-0.39, 0.29) is 6.09 Å². The van der Waals surface area contributed by atoms with E-state index in [4.69, 9.17) is 9.47 Å². The molecule has 0 spiro atoms. The SMILES string of the molecule is C=CC(=O)OCCN1CCN(C(=O)OC(C)(C)C)CC1. The van der Waals surface area contributed by atoms with Gasteiger partial charge in [-0.1, -0.05) is 6.58 Å². The summed E-state index contributed by atoms with van der Waals surface area (Å²) < 4.78 is 10.3. The molecule has 6 heteroatoms. The van der Waals surface area contributed by atoms with Crippen molar-refractivity contribution in [3.8, 4) is 0 Å². The van der Waals surface area contributed by atoms with Crippen LogP contribution in [0.2, 0.25) is 0 Å². The van der Waals surface area contributed by atoms with Crippen molar-refractivity contribution in [3.63, 3.8) is 0 Å². The summed E-state index contributed by atoms with van der Waals surface area (Å²) in [6.07, 6.45) is 0.885. The van der Waals surface area contributed by atoms with E-state index in [1.165, 1.54) is 0 Å². The van der Waals surface area contributed by atoms with E-state index >= 15 is 0 Å². The lowest BCUT2D eigenvalue weighted by Gasteiger charge is -2.35. The van der Waals surface area contributed by atoms with E-state index in [1.807, 2.05) is 20.8 Å². The second-order valence-corrected chi connectivity index (χ2v) is 5.68. The van der Waals surface area contributed by atoms with Crippen LogP contribution in [0.4, 0.5) is 4.79 Å². The Hall–Kier alpha value is -1.56. The first-order chi connectivity index (χ1) is 9.31. The number of amides is 1. The number of carbonyl (C=O) groups excluding carboxylic acids is 2. The second-order valence-electron chi connectivity index (χ2n) is 5.68. The van der Waals surface area contributed by atoms with Crippen molar-refractivity contribution in [1.29, 1.82) is 0 Å². The Bertz CT molecular complexity index is 355. The number of hydrogen-bond donors (Lipinski definition) is 0. The smallest absolute Gasteiger partial charge is 0.410 e. The summed E-state index contributed by atoms with van der Waals surface area (Å²) in [5.41, 5.74) is -0.465. The molecule has 0 aromatic carbocycles. The van der Waals surface area contributed by atoms with Crippen molar-refractivity contribution in [3.05, 3.63) is 12.7 Å². The average Bonchev–Trinajstić information content (AvgIpc) is 2.37. The van der Waals surface area contributed by atoms with Gasteiger partial charge in [0.25, 0.3) is 0 Å². The van der Waals surface area contributed by atoms with Gasteiger partial charge in [0.15, 0.2) is 0 Å². The Balaban J connectivity index is 2.24. The molecule has 1 amide bonds. The van der Waals surface area contributed by atoms with Crippen LogP contribution in [0.1, 0.15) is 20.8 Å². The standard InChI is InChI=1S/C14H24N2O4/c1-5-12(17)19-11-10-15-6-8-16(9-7-15)13(18)20-14(2,3)4/h5H,1,6-11H2,2-4H3. The highest BCUT2D eigenvalue weighted by Gasteiger charge is 2.25. The molecule has 20 heavy (non-hydrogen) atoms. The Kier molecular flexibility index (Phi) is 6.01. The molecular formula is C14H24N2O4. The van der Waals surface area contributed by atoms with Crippen LogP contribution >= 0.6 is 0 Å². The highest BCUT2D eigenvalue weighted by atomic mass is 16.6. The monoisotopic (exact) mass is 284 g/mol. The number of rotatable bonds is 4. The molecule has 1 saturated heterocycles. The zero-order valence-electron chi connectivity index (χ0n) is 12.6. The van der Waals surface area contributed by atoms with Gasteiger partial charge in [-0.3, -0.25) is 4.90 Å². The predicted octanol–water partition coefficient (Wildman–Crippen LogP) is 1.27. The van der Waals surface area contributed by atoms with E-state index in [2.05, 4.69) is 11.5 Å². The summed E-state index contributed by atoms with van der Waals surface area (Å²) in [5, 5.41) is 0. The third-order valence-electron chi connectivity index (χ3n) is 2.84. The molecule has 0 aromatic rings. The summed E-state index contributed by atoms with van der Waals surface area (Å²) in [6, 6.07) is 0. The minimum atomic E-state index is -0.465. The largest absolute Gasteiger partial charge is 0.461 e. The van der Waals surface area contributed by atoms with Crippen LogP contribution in [0.5, 0.6) is 0 Å². The summed E-state index contributed by atoms with van der Waals surface area (Å²) in [4.78, 5) is 26.6. The molecular weight excluding hydrogens is 260 g/mol. The minimum absolute atomic E-state index is 0.268. The quantitative estimate of drug-likeness (QED) is 0.575. The number of carbonyl (C=O) groups is 2. The molecule has 0 saturated carbocycles. The first-order valence-corrected chi connectivity index (χ1v) is 6.81. The summed E-state index contributed by atoms with van der Waals surface area (Å²) in [6.45, 7) is 12.7. The number of nitrogens with zero attached hydrogens (tertiary/aromatic N) is 2. The maximum absolute atomic E-state index is 11.9. The zero-order valence-corrected chi connectivity index (χ0v) is 12.6. The van der Waals surface area contributed by atoms with Crippen LogP contribution in [-0.4, -0.2) is 66.8 Å². The van der Waals surface area contributed by atoms with Crippen molar-refractivity contribution in [2.45, 2.75) is 26.4 Å². The molecule has 1 heterocycles. The molecule has 1 rings (SSSR count). The molecule has 0 atom stereocenters. The molecule has 1 fully saturated rings. The number of esters is 1. The molecule has 0 aromatic heterocycles. The van der Waals surface area contributed by atoms with Crippen molar-refractivity contribution < 1.29 is 19.1 Å². The molecule has 0 aliphatic carbocycles. The highest BCUT2D eigenvalue weighted by Crippen LogP contribution is 2.11. The molecule has 1 aliphatic heterocycles. The molecule has 6 nitrogen and oxygen atoms in total. The minimum Gasteiger partial charge on any atom is -0.461 e. The lowest BCUT2D eigenvalue weighted by Crippen LogP contribution is -2.50. The van der Waals surface area contributed by atoms with Crippen molar-refractivity contribution in [2.24, 2.45) is 0 Å². The van der Waals surface area contributed by atoms with E-state index in [0.29, 0.717) is 26.2 Å². The van der Waals surface area contributed by atoms with E-state index in [0.717, 1.165) is 19.2 Å². The van der Waals surface area contributed by atoms with Crippen LogP contribution in [0, 0.1) is 0 Å². The summed E-state index contributed by atoms with van der Waals surface area (Å²) in [7, 11) is 0. The van der Waals surface area contributed by atoms with Gasteiger partial charge in [-0.2, -0.15) is 0 Å². The van der Waals surface area contributed by atoms with Crippen LogP contribution in [0.15, 0.2) is 12.7 Å². The topological polar surface area (TPSA) is 59.1 Å². The van der Waals surface area contributed by atoms with Crippen LogP contribution in [-0.2, 0) is 14.3 Å². The van der Waals surface area contributed by atoms with E-state index in [9.17, 15) is 9.59 Å². The third-order valence-corrected chi connectivity index (χ3v) is 2.84. The van der Waals surface area contributed by atoms with Crippen molar-refractivity contribution in [2.75, 3.05) is 39.3 Å². The van der Waals surface area contributed by atoms with Gasteiger partial charge in [-0.25, -0.2) is 9.59 Å². The van der Waals surface area contributed by atoms with Gasteiger partial charge in [-0.15, -0.1) is 0 Å². The second kappa shape index (κ2) is 7.28. The van der Waals surface area contributed by atoms with Crippen molar-refractivity contribution in [1.82, 2.24) is 9.80 Å². The zero-order chi connectivity index (χ0) is 15.2. The van der Waals surface area contributed by atoms with Gasteiger partial charge in [0.1, 0.15) is 12.2 Å². The molecule has 0 unspecified atom stereocenters. The number of piperazine rings is 1. The van der Waals surface area contributed by atoms with Gasteiger partial charge in [0.2, 0.25) is 0 Å². The van der Waals surface area contributed by atoms with Gasteiger partial charge >= 0.3 is 12.1 Å². The first kappa shape index (κ1) is 16.5. The first-order valence-electron chi connectivity index (χ1n) is 6.81. The fourth-order valence-electron chi connectivity index (χ4n) is 1.81. The van der Waals surface area contributed by atoms with Gasteiger partial charge < -0.3 is 14.4 Å². The molecule has 1 aliphatic rings. The molecule has 114 valence electrons. The number of hydrogen-bond acceptors (Lipinski definition) is 5. The maximum atomic E-state index is 11.9. The average molecular weight is 284 g/mol. The fraction of sp³-hybridized carbons (Fsp3) is 0.714. The molecule has 0 N–H and O–H groups in total. The molecule has 0 radical (unpaired) electrons. The van der Waals surface area contributed by atoms with Crippen molar-refractivity contribution >= 4 is 12.1 Å². The lowest BCUT2D eigenvalue weighted by atomic mass is 10.2. The Morgan fingerprint density at radius 2 is 1.80 bits per heavy atom. The maximum Gasteiger partial charge on any atom is 0.410 e. The van der Waals surface area contributed by atoms with Crippen LogP contribution in [0.3, 0.4) is 0 Å². The van der Waals surface area contributed by atoms with Gasteiger partial charge in [-0.05, 0) is 20.8 Å². The van der Waals surface area contributed by atoms with Crippen LogP contribution in [0.25, 0.3) is 0 Å². The fourth-order valence-corrected chi connectivity index (χ4v) is 1.81. The van der Waals surface area contributed by atoms with Crippen LogP contribution < -0.4 is 0 Å².